The third-order valence-corrected chi connectivity index (χ3v) is 8.58. The fourth-order valence-electron chi connectivity index (χ4n) is 4.98. The number of aromatic nitrogens is 2. The van der Waals surface area contributed by atoms with Crippen LogP contribution in [-0.2, 0) is 39.2 Å². The molecule has 1 saturated heterocycles. The number of esters is 1. The summed E-state index contributed by atoms with van der Waals surface area (Å²) in [6.45, 7) is 2.11. The second-order valence-electron chi connectivity index (χ2n) is 10.6. The first-order chi connectivity index (χ1) is 21.9. The number of carbonyl (C=O) groups is 2. The summed E-state index contributed by atoms with van der Waals surface area (Å²) in [6.07, 6.45) is 3.65. The minimum atomic E-state index is -0.550. The Kier molecular flexibility index (Phi) is 11.3. The van der Waals surface area contributed by atoms with Gasteiger partial charge in [0.25, 0.3) is 0 Å². The van der Waals surface area contributed by atoms with Gasteiger partial charge in [-0.05, 0) is 40.8 Å². The lowest BCUT2D eigenvalue weighted by atomic mass is 9.99. The molecule has 4 aromatic rings. The van der Waals surface area contributed by atoms with Gasteiger partial charge in [-0.1, -0.05) is 78.5 Å². The molecule has 0 saturated carbocycles. The Morgan fingerprint density at radius 1 is 1.00 bits per heavy atom. The molecule has 11 heteroatoms. The van der Waals surface area contributed by atoms with E-state index in [0.717, 1.165) is 44.3 Å². The fourth-order valence-corrected chi connectivity index (χ4v) is 5.93. The van der Waals surface area contributed by atoms with Crippen molar-refractivity contribution in [2.75, 3.05) is 18.9 Å². The minimum absolute atomic E-state index is 0.00130. The summed E-state index contributed by atoms with van der Waals surface area (Å²) >= 11 is 1.66. The molecule has 0 aliphatic carbocycles. The van der Waals surface area contributed by atoms with E-state index in [1.807, 2.05) is 90.6 Å². The Morgan fingerprint density at radius 3 is 2.49 bits per heavy atom. The average Bonchev–Trinajstić information content (AvgIpc) is 3.50. The number of aliphatic hydroxyl groups is 1. The Bertz CT molecular complexity index is 1560. The molecule has 0 unspecified atom stereocenters. The van der Waals surface area contributed by atoms with Crippen molar-refractivity contribution in [3.63, 3.8) is 0 Å². The monoisotopic (exact) mass is 630 g/mol. The van der Waals surface area contributed by atoms with Crippen LogP contribution in [0.15, 0.2) is 90.3 Å². The number of aliphatic hydroxyl groups excluding tert-OH is 1. The van der Waals surface area contributed by atoms with Crippen LogP contribution in [0.3, 0.4) is 0 Å². The number of carbonyl (C=O) groups excluding carboxylic acids is 2. The molecule has 3 aromatic carbocycles. The van der Waals surface area contributed by atoms with E-state index >= 15 is 0 Å². The number of hydrogen-bond acceptors (Lipinski definition) is 8. The molecule has 0 bridgehead atoms. The molecule has 3 N–H and O–H groups in total. The maximum Gasteiger partial charge on any atom is 0.325 e. The summed E-state index contributed by atoms with van der Waals surface area (Å²) in [5.41, 5.74) is 5.76. The predicted octanol–water partition coefficient (Wildman–Crippen LogP) is 5.28. The highest BCUT2D eigenvalue weighted by Gasteiger charge is 2.32. The first kappa shape index (κ1) is 32.2. The topological polar surface area (TPSA) is 124 Å². The molecule has 1 aliphatic rings. The molecule has 0 spiro atoms. The number of aryl methyl sites for hydroxylation is 1. The van der Waals surface area contributed by atoms with Gasteiger partial charge in [-0.25, -0.2) is 9.78 Å². The van der Waals surface area contributed by atoms with Crippen molar-refractivity contribution >= 4 is 23.8 Å². The van der Waals surface area contributed by atoms with E-state index in [0.29, 0.717) is 13.0 Å². The molecule has 0 radical (unpaired) electrons. The smallest absolute Gasteiger partial charge is 0.325 e. The highest BCUT2D eigenvalue weighted by atomic mass is 32.2. The predicted molar refractivity (Wildman–Crippen MR) is 171 cm³/mol. The van der Waals surface area contributed by atoms with Gasteiger partial charge in [-0.2, -0.15) is 0 Å². The summed E-state index contributed by atoms with van der Waals surface area (Å²) in [5, 5.41) is 15.7. The second kappa shape index (κ2) is 15.7. The van der Waals surface area contributed by atoms with E-state index in [2.05, 4.69) is 15.6 Å². The molecule has 3 atom stereocenters. The van der Waals surface area contributed by atoms with Crippen molar-refractivity contribution in [2.24, 2.45) is 7.05 Å². The van der Waals surface area contributed by atoms with Crippen LogP contribution >= 0.6 is 11.8 Å². The number of urea groups is 1. The van der Waals surface area contributed by atoms with Crippen LogP contribution in [0, 0.1) is 0 Å². The highest BCUT2D eigenvalue weighted by molar-refractivity contribution is 7.99. The number of ether oxygens (including phenoxy) is 3. The van der Waals surface area contributed by atoms with Gasteiger partial charge < -0.3 is 34.5 Å². The summed E-state index contributed by atoms with van der Waals surface area (Å²) in [6, 6.07) is 23.5. The lowest BCUT2D eigenvalue weighted by Crippen LogP contribution is -2.38. The van der Waals surface area contributed by atoms with Gasteiger partial charge in [0.15, 0.2) is 11.4 Å². The molecular weight excluding hydrogens is 592 g/mol. The van der Waals surface area contributed by atoms with Crippen molar-refractivity contribution in [1.82, 2.24) is 20.2 Å². The van der Waals surface area contributed by atoms with Crippen LogP contribution in [0.4, 0.5) is 4.79 Å². The Hall–Kier alpha value is -4.16. The number of amides is 2. The summed E-state index contributed by atoms with van der Waals surface area (Å²) in [4.78, 5) is 28.0. The summed E-state index contributed by atoms with van der Waals surface area (Å²) in [7, 11) is 1.98. The molecule has 1 fully saturated rings. The van der Waals surface area contributed by atoms with Gasteiger partial charge in [-0.15, -0.1) is 0 Å². The number of benzene rings is 3. The molecular formula is C34H38N4O6S. The number of thioether (sulfide) groups is 1. The molecule has 1 aliphatic heterocycles. The Morgan fingerprint density at radius 2 is 1.78 bits per heavy atom. The van der Waals surface area contributed by atoms with E-state index in [-0.39, 0.29) is 32.0 Å². The largest absolute Gasteiger partial charge is 0.465 e. The number of nitrogens with one attached hydrogen (secondary N) is 2. The van der Waals surface area contributed by atoms with Crippen LogP contribution in [0.25, 0.3) is 11.1 Å². The highest BCUT2D eigenvalue weighted by Crippen LogP contribution is 2.39. The summed E-state index contributed by atoms with van der Waals surface area (Å²) in [5.74, 6) is 0.253. The first-order valence-corrected chi connectivity index (χ1v) is 15.9. The number of imidazole rings is 1. The molecule has 236 valence electrons. The number of rotatable bonds is 12. The number of hydrogen-bond donors (Lipinski definition) is 3. The van der Waals surface area contributed by atoms with Crippen molar-refractivity contribution in [2.45, 2.75) is 50.2 Å². The normalized spacial score (nSPS) is 17.9. The SMILES string of the molecule is CCOC(=O)CNC(=O)NCc1cccc(-c2ccc([C@@H]3O[C@H](CSc4nccn4C)C[C@H](c4ccc(CO)cc4)O3)cc2)c1. The van der Waals surface area contributed by atoms with Gasteiger partial charge in [0.05, 0.1) is 25.4 Å². The minimum Gasteiger partial charge on any atom is -0.465 e. The van der Waals surface area contributed by atoms with E-state index < -0.39 is 18.3 Å². The van der Waals surface area contributed by atoms with E-state index in [1.54, 1.807) is 24.9 Å². The molecule has 2 amide bonds. The zero-order valence-electron chi connectivity index (χ0n) is 25.3. The van der Waals surface area contributed by atoms with Gasteiger partial charge in [0.1, 0.15) is 6.54 Å². The molecule has 5 rings (SSSR count). The van der Waals surface area contributed by atoms with E-state index in [4.69, 9.17) is 14.2 Å². The lowest BCUT2D eigenvalue weighted by Gasteiger charge is -2.36. The van der Waals surface area contributed by atoms with Crippen molar-refractivity contribution in [3.8, 4) is 11.1 Å². The standard InChI is InChI=1S/C34H38N4O6S/c1-3-42-31(40)20-37-33(41)36-19-24-5-4-6-28(17-24)25-11-13-27(14-12-25)32-43-29(22-45-34-35-15-16-38(34)2)18-30(44-32)26-9-7-23(21-39)8-10-26/h4-17,29-30,32,39H,3,18-22H2,1-2H3,(H2,36,37,41)/t29-,30+,32+/m0/s1. The first-order valence-electron chi connectivity index (χ1n) is 14.9. The third kappa shape index (κ3) is 8.95. The Labute approximate surface area is 267 Å². The van der Waals surface area contributed by atoms with Crippen LogP contribution in [-0.4, -0.2) is 51.7 Å². The van der Waals surface area contributed by atoms with Gasteiger partial charge >= 0.3 is 12.0 Å². The van der Waals surface area contributed by atoms with Crippen molar-refractivity contribution < 1.29 is 28.9 Å². The van der Waals surface area contributed by atoms with Gasteiger partial charge in [-0.3, -0.25) is 4.79 Å². The van der Waals surface area contributed by atoms with Gasteiger partial charge in [0, 0.05) is 43.7 Å². The Balaban J connectivity index is 1.25. The van der Waals surface area contributed by atoms with Crippen LogP contribution in [0.1, 0.15) is 48.0 Å². The van der Waals surface area contributed by atoms with E-state index in [9.17, 15) is 14.7 Å². The average molecular weight is 631 g/mol. The maximum absolute atomic E-state index is 12.1. The third-order valence-electron chi connectivity index (χ3n) is 7.39. The van der Waals surface area contributed by atoms with E-state index in [1.165, 1.54) is 0 Å². The van der Waals surface area contributed by atoms with Crippen molar-refractivity contribution in [1.29, 1.82) is 0 Å². The van der Waals surface area contributed by atoms with Crippen LogP contribution in [0.2, 0.25) is 0 Å². The van der Waals surface area contributed by atoms with Crippen LogP contribution < -0.4 is 10.6 Å². The molecule has 45 heavy (non-hydrogen) atoms. The maximum atomic E-state index is 12.1. The zero-order valence-corrected chi connectivity index (χ0v) is 26.2. The molecule has 2 heterocycles. The molecule has 1 aromatic heterocycles. The van der Waals surface area contributed by atoms with Crippen LogP contribution in [0.5, 0.6) is 0 Å². The lowest BCUT2D eigenvalue weighted by molar-refractivity contribution is -0.245. The molecule has 10 nitrogen and oxygen atoms in total. The quantitative estimate of drug-likeness (QED) is 0.143. The zero-order chi connectivity index (χ0) is 31.6. The number of nitrogens with zero attached hydrogens (tertiary/aromatic N) is 2. The van der Waals surface area contributed by atoms with Crippen molar-refractivity contribution in [3.05, 3.63) is 107 Å². The second-order valence-corrected chi connectivity index (χ2v) is 11.6. The summed E-state index contributed by atoms with van der Waals surface area (Å²) < 4.78 is 19.8. The van der Waals surface area contributed by atoms with Gasteiger partial charge in [0.2, 0.25) is 0 Å². The fraction of sp³-hybridized carbons (Fsp3) is 0.324.